The van der Waals surface area contributed by atoms with E-state index in [0.29, 0.717) is 22.5 Å². The number of carbonyl (C=O) groups excluding carboxylic acids is 1. The van der Waals surface area contributed by atoms with Crippen molar-refractivity contribution in [2.45, 2.75) is 13.8 Å². The number of nitrogens with zero attached hydrogens (tertiary/aromatic N) is 4. The molecular weight excluding hydrogens is 300 g/mol. The Morgan fingerprint density at radius 3 is 2.62 bits per heavy atom. The molecule has 1 aromatic carbocycles. The molecule has 0 spiro atoms. The molecule has 0 unspecified atom stereocenters. The van der Waals surface area contributed by atoms with E-state index in [4.69, 9.17) is 5.26 Å². The Morgan fingerprint density at radius 2 is 1.88 bits per heavy atom. The van der Waals surface area contributed by atoms with Gasteiger partial charge in [-0.25, -0.2) is 4.98 Å². The first-order valence-corrected chi connectivity index (χ1v) is 7.51. The lowest BCUT2D eigenvalue weighted by atomic mass is 10.0. The van der Waals surface area contributed by atoms with Gasteiger partial charge in [0.05, 0.1) is 22.7 Å². The van der Waals surface area contributed by atoms with E-state index in [1.54, 1.807) is 25.4 Å². The van der Waals surface area contributed by atoms with Crippen molar-refractivity contribution in [3.05, 3.63) is 65.0 Å². The lowest BCUT2D eigenvalue weighted by Crippen LogP contribution is -2.27. The molecule has 0 aliphatic carbocycles. The van der Waals surface area contributed by atoms with Crippen molar-refractivity contribution < 1.29 is 4.79 Å². The summed E-state index contributed by atoms with van der Waals surface area (Å²) in [5, 5.41) is 9.98. The number of fused-ring (bicyclic) bond motifs is 1. The average Bonchev–Trinajstić information content (AvgIpc) is 2.60. The summed E-state index contributed by atoms with van der Waals surface area (Å²) >= 11 is 0. The molecule has 2 aromatic heterocycles. The van der Waals surface area contributed by atoms with Crippen LogP contribution in [-0.4, -0.2) is 22.9 Å². The number of nitriles is 1. The fourth-order valence-electron chi connectivity index (χ4n) is 2.65. The van der Waals surface area contributed by atoms with Crippen LogP contribution in [0.4, 0.5) is 5.82 Å². The van der Waals surface area contributed by atoms with Gasteiger partial charge in [0, 0.05) is 24.8 Å². The quantitative estimate of drug-likeness (QED) is 0.726. The van der Waals surface area contributed by atoms with Crippen molar-refractivity contribution in [2.75, 3.05) is 11.9 Å². The predicted octanol–water partition coefficient (Wildman–Crippen LogP) is 3.39. The molecule has 0 bridgehead atoms. The summed E-state index contributed by atoms with van der Waals surface area (Å²) in [6.07, 6.45) is 3.23. The summed E-state index contributed by atoms with van der Waals surface area (Å²) in [6, 6.07) is 11.0. The average molecular weight is 316 g/mol. The fraction of sp³-hybridized carbons (Fsp3) is 0.158. The predicted molar refractivity (Wildman–Crippen MR) is 92.9 cm³/mol. The van der Waals surface area contributed by atoms with Crippen LogP contribution in [0.25, 0.3) is 10.9 Å². The van der Waals surface area contributed by atoms with Gasteiger partial charge in [-0.3, -0.25) is 14.7 Å². The van der Waals surface area contributed by atoms with Crippen LogP contribution in [0.3, 0.4) is 0 Å². The third kappa shape index (κ3) is 2.70. The monoisotopic (exact) mass is 316 g/mol. The number of rotatable bonds is 2. The maximum Gasteiger partial charge on any atom is 0.261 e. The minimum Gasteiger partial charge on any atom is -0.296 e. The zero-order valence-corrected chi connectivity index (χ0v) is 13.7. The molecule has 2 heterocycles. The van der Waals surface area contributed by atoms with E-state index >= 15 is 0 Å². The van der Waals surface area contributed by atoms with Crippen molar-refractivity contribution in [3.8, 4) is 6.07 Å². The number of carbonyl (C=O) groups is 1. The van der Waals surface area contributed by atoms with Crippen LogP contribution in [0, 0.1) is 25.2 Å². The summed E-state index contributed by atoms with van der Waals surface area (Å²) in [5.41, 5.74) is 3.73. The molecule has 0 saturated heterocycles. The van der Waals surface area contributed by atoms with Gasteiger partial charge in [-0.2, -0.15) is 5.26 Å². The van der Waals surface area contributed by atoms with Crippen molar-refractivity contribution in [1.29, 1.82) is 5.26 Å². The second-order valence-corrected chi connectivity index (χ2v) is 5.72. The molecule has 0 atom stereocenters. The van der Waals surface area contributed by atoms with Crippen molar-refractivity contribution in [1.82, 2.24) is 9.97 Å². The molecule has 0 aliphatic heterocycles. The number of hydrogen-bond acceptors (Lipinski definition) is 4. The summed E-state index contributed by atoms with van der Waals surface area (Å²) in [4.78, 5) is 23.0. The topological polar surface area (TPSA) is 69.9 Å². The molecule has 0 fully saturated rings. The molecule has 5 heteroatoms. The highest BCUT2D eigenvalue weighted by Gasteiger charge is 2.19. The van der Waals surface area contributed by atoms with Gasteiger partial charge in [0.25, 0.3) is 5.91 Å². The number of aromatic nitrogens is 2. The Hall–Kier alpha value is -3.26. The second-order valence-electron chi connectivity index (χ2n) is 5.72. The summed E-state index contributed by atoms with van der Waals surface area (Å²) in [5.74, 6) is 0.228. The van der Waals surface area contributed by atoms with Crippen LogP contribution in [0.5, 0.6) is 0 Å². The van der Waals surface area contributed by atoms with E-state index in [-0.39, 0.29) is 5.91 Å². The van der Waals surface area contributed by atoms with Gasteiger partial charge in [0.15, 0.2) is 0 Å². The third-order valence-electron chi connectivity index (χ3n) is 3.96. The molecule has 0 radical (unpaired) electrons. The van der Waals surface area contributed by atoms with Crippen LogP contribution in [0.1, 0.15) is 27.0 Å². The first-order chi connectivity index (χ1) is 11.5. The first-order valence-electron chi connectivity index (χ1n) is 7.51. The highest BCUT2D eigenvalue weighted by Crippen LogP contribution is 2.24. The lowest BCUT2D eigenvalue weighted by molar-refractivity contribution is 0.0993. The van der Waals surface area contributed by atoms with Crippen LogP contribution in [0.15, 0.2) is 42.7 Å². The number of pyridine rings is 2. The van der Waals surface area contributed by atoms with Gasteiger partial charge in [-0.1, -0.05) is 0 Å². The van der Waals surface area contributed by atoms with E-state index in [1.165, 1.54) is 11.1 Å². The molecule has 0 N–H and O–H groups in total. The van der Waals surface area contributed by atoms with Crippen LogP contribution < -0.4 is 4.90 Å². The minimum atomic E-state index is -0.204. The summed E-state index contributed by atoms with van der Waals surface area (Å²) in [7, 11) is 1.65. The Morgan fingerprint density at radius 1 is 1.12 bits per heavy atom. The lowest BCUT2D eigenvalue weighted by Gasteiger charge is -2.18. The maximum absolute atomic E-state index is 13.0. The number of hydrogen-bond donors (Lipinski definition) is 0. The smallest absolute Gasteiger partial charge is 0.261 e. The van der Waals surface area contributed by atoms with Crippen LogP contribution >= 0.6 is 0 Å². The van der Waals surface area contributed by atoms with Gasteiger partial charge in [-0.15, -0.1) is 0 Å². The third-order valence-corrected chi connectivity index (χ3v) is 3.96. The van der Waals surface area contributed by atoms with E-state index in [9.17, 15) is 4.79 Å². The molecule has 0 saturated carbocycles. The number of aryl methyl sites for hydroxylation is 2. The van der Waals surface area contributed by atoms with Crippen molar-refractivity contribution in [3.63, 3.8) is 0 Å². The van der Waals surface area contributed by atoms with Gasteiger partial charge in [0.2, 0.25) is 0 Å². The molecule has 1 amide bonds. The normalized spacial score (nSPS) is 10.4. The van der Waals surface area contributed by atoms with Crippen LogP contribution in [-0.2, 0) is 0 Å². The zero-order chi connectivity index (χ0) is 17.3. The number of benzene rings is 1. The summed E-state index contributed by atoms with van der Waals surface area (Å²) in [6.45, 7) is 3.95. The van der Waals surface area contributed by atoms with Crippen molar-refractivity contribution >= 4 is 22.6 Å². The molecular formula is C19H16N4O. The zero-order valence-electron chi connectivity index (χ0n) is 13.7. The minimum absolute atomic E-state index is 0.204. The number of anilines is 1. The van der Waals surface area contributed by atoms with Crippen molar-refractivity contribution in [2.24, 2.45) is 0 Å². The first kappa shape index (κ1) is 15.6. The van der Waals surface area contributed by atoms with E-state index in [1.807, 2.05) is 32.0 Å². The molecule has 24 heavy (non-hydrogen) atoms. The summed E-state index contributed by atoms with van der Waals surface area (Å²) < 4.78 is 0. The highest BCUT2D eigenvalue weighted by molar-refractivity contribution is 6.13. The van der Waals surface area contributed by atoms with Gasteiger partial charge in [0.1, 0.15) is 5.82 Å². The Labute approximate surface area is 140 Å². The van der Waals surface area contributed by atoms with Gasteiger partial charge in [-0.05, 0) is 55.3 Å². The van der Waals surface area contributed by atoms with E-state index < -0.39 is 0 Å². The van der Waals surface area contributed by atoms with E-state index in [0.717, 1.165) is 16.5 Å². The Bertz CT molecular complexity index is 988. The molecule has 0 aliphatic rings. The van der Waals surface area contributed by atoms with E-state index in [2.05, 4.69) is 16.0 Å². The maximum atomic E-state index is 13.0. The number of amides is 1. The van der Waals surface area contributed by atoms with Gasteiger partial charge >= 0.3 is 0 Å². The standard InChI is InChI=1S/C19H16N4O/c1-12-8-15-13(2)4-6-22-18(15)16(9-12)19(24)23(3)17-10-14(11-20)5-7-21-17/h4-10H,1-3H3. The molecule has 3 rings (SSSR count). The Balaban J connectivity index is 2.11. The molecule has 5 nitrogen and oxygen atoms in total. The molecule has 118 valence electrons. The Kier molecular flexibility index (Phi) is 3.97. The second kappa shape index (κ2) is 6.09. The largest absolute Gasteiger partial charge is 0.296 e. The highest BCUT2D eigenvalue weighted by atomic mass is 16.2. The van der Waals surface area contributed by atoms with Gasteiger partial charge < -0.3 is 0 Å². The van der Waals surface area contributed by atoms with Crippen LogP contribution in [0.2, 0.25) is 0 Å². The molecule has 3 aromatic rings. The fourth-order valence-corrected chi connectivity index (χ4v) is 2.65. The SMILES string of the molecule is Cc1cc(C(=O)N(C)c2cc(C#N)ccn2)c2nccc(C)c2c1.